The number of nitrogens with zero attached hydrogens (tertiary/aromatic N) is 2. The summed E-state index contributed by atoms with van der Waals surface area (Å²) in [6.07, 6.45) is 2.89. The molecule has 0 aromatic heterocycles. The Bertz CT molecular complexity index is 1090. The quantitative estimate of drug-likeness (QED) is 0.138. The monoisotopic (exact) mass is 694 g/mol. The van der Waals surface area contributed by atoms with E-state index in [-0.39, 0.29) is 66.5 Å². The van der Waals surface area contributed by atoms with E-state index in [4.69, 9.17) is 10.2 Å². The molecule has 0 amide bonds. The fourth-order valence-electron chi connectivity index (χ4n) is 2.64. The fraction of sp³-hybridized carbons (Fsp3) is 0.526. The third-order valence-electron chi connectivity index (χ3n) is 6.39. The molecule has 2 aromatic rings. The van der Waals surface area contributed by atoms with E-state index in [0.717, 1.165) is 11.4 Å². The van der Waals surface area contributed by atoms with Crippen LogP contribution in [0.15, 0.2) is 48.5 Å². The molecule has 0 saturated heterocycles. The van der Waals surface area contributed by atoms with Crippen LogP contribution in [-0.2, 0) is 21.7 Å². The standard InChI is InChI=1S/2C11H19O2.2C8H11NO.Ti/c2*1-10(2,3)8(12)7-9(13)11(4,5)6;2*1-9(2)7-3-5-8(10)6-4-7;/h2*7H,1-6H3;2*3-6,10H,1-2H3;/q2*-1;;;/p+6. The molecule has 8 nitrogen and oxygen atoms in total. The number of anilines is 2. The molecule has 8 N–H and O–H groups in total. The van der Waals surface area contributed by atoms with E-state index >= 15 is 0 Å². The molecule has 9 heteroatoms. The second-order valence-electron chi connectivity index (χ2n) is 15.7. The average Bonchev–Trinajstić information content (AvgIpc) is 2.88. The summed E-state index contributed by atoms with van der Waals surface area (Å²) in [5.41, 5.74) is 1.05. The van der Waals surface area contributed by atoms with Crippen LogP contribution in [0, 0.1) is 34.5 Å². The van der Waals surface area contributed by atoms with E-state index in [9.17, 15) is 19.2 Å². The van der Waals surface area contributed by atoms with Gasteiger partial charge in [-0.2, -0.15) is 12.8 Å². The van der Waals surface area contributed by atoms with Gasteiger partial charge in [-0.1, -0.05) is 83.1 Å². The Morgan fingerprint density at radius 2 is 0.617 bits per heavy atom. The van der Waals surface area contributed by atoms with Gasteiger partial charge in [0.25, 0.3) is 11.5 Å². The zero-order valence-electron chi connectivity index (χ0n) is 32.0. The van der Waals surface area contributed by atoms with Crippen LogP contribution in [0.1, 0.15) is 83.1 Å². The summed E-state index contributed by atoms with van der Waals surface area (Å²) in [5.74, 6) is 1.95. The van der Waals surface area contributed by atoms with E-state index < -0.39 is 0 Å². The molecule has 264 valence electrons. The Labute approximate surface area is 300 Å². The maximum absolute atomic E-state index is 9.60. The van der Waals surface area contributed by atoms with Crippen molar-refractivity contribution in [3.05, 3.63) is 61.4 Å². The van der Waals surface area contributed by atoms with Gasteiger partial charge in [-0.15, -0.1) is 0 Å². The summed E-state index contributed by atoms with van der Waals surface area (Å²) in [5, 5.41) is 14.4. The second kappa shape index (κ2) is 20.2. The van der Waals surface area contributed by atoms with Crippen molar-refractivity contribution in [1.82, 2.24) is 0 Å². The zero-order chi connectivity index (χ0) is 36.8. The van der Waals surface area contributed by atoms with Gasteiger partial charge in [-0.05, 0) is 24.3 Å². The first-order chi connectivity index (χ1) is 20.5. The number of hydrogen-bond acceptors (Lipinski definition) is 2. The average molecular weight is 695 g/mol. The molecule has 0 radical (unpaired) electrons. The SMILES string of the molecule is CC(C)(C)C(=[OH+])[CH-]C(=[OH+])C(C)(C)C.CC(C)(C)C(=[OH+])[CH-]C(=[OH+])C(C)(C)C.CN(C)c1ccc([OH2+])cc1.CN(C)c1ccc([OH2+])cc1.[Ti]. The molecule has 0 aliphatic rings. The van der Waals surface area contributed by atoms with Crippen molar-refractivity contribution in [1.29, 1.82) is 0 Å². The van der Waals surface area contributed by atoms with Gasteiger partial charge in [0.15, 0.2) is 23.1 Å². The maximum atomic E-state index is 9.60. The Hall–Kier alpha value is -3.23. The van der Waals surface area contributed by atoms with E-state index in [2.05, 4.69) is 0 Å². The molecular weight excluding hydrogens is 628 g/mol. The Morgan fingerprint density at radius 3 is 0.745 bits per heavy atom. The first-order valence-corrected chi connectivity index (χ1v) is 15.4. The predicted molar refractivity (Wildman–Crippen MR) is 202 cm³/mol. The van der Waals surface area contributed by atoms with Crippen molar-refractivity contribution >= 4 is 34.5 Å². The van der Waals surface area contributed by atoms with Crippen molar-refractivity contribution in [2.75, 3.05) is 38.0 Å². The first-order valence-electron chi connectivity index (χ1n) is 15.4. The van der Waals surface area contributed by atoms with Crippen molar-refractivity contribution in [3.63, 3.8) is 0 Å². The molecule has 0 aliphatic carbocycles. The molecule has 0 aliphatic heterocycles. The van der Waals surface area contributed by atoms with Crippen molar-refractivity contribution in [2.24, 2.45) is 21.7 Å². The van der Waals surface area contributed by atoms with Gasteiger partial charge in [0.1, 0.15) is 0 Å². The van der Waals surface area contributed by atoms with E-state index in [1.54, 1.807) is 24.3 Å². The number of carbonyl (C=O) groups excluding carboxylic acids is 4. The molecule has 0 atom stereocenters. The molecule has 2 aromatic carbocycles. The maximum Gasteiger partial charge on any atom is 0.253 e. The number of rotatable bonds is 6. The first kappa shape index (κ1) is 48.2. The summed E-state index contributed by atoms with van der Waals surface area (Å²) in [4.78, 5) is 42.4. The minimum Gasteiger partial charge on any atom is -0.593 e. The summed E-state index contributed by atoms with van der Waals surface area (Å²) in [7, 11) is 7.94. The Balaban J connectivity index is -0.000000548. The van der Waals surface area contributed by atoms with Gasteiger partial charge in [-0.25, -0.2) is 0 Å². The van der Waals surface area contributed by atoms with Crippen molar-refractivity contribution < 1.29 is 51.1 Å². The number of benzene rings is 2. The van der Waals surface area contributed by atoms with Crippen LogP contribution < -0.4 is 9.80 Å². The van der Waals surface area contributed by atoms with Gasteiger partial charge >= 0.3 is 0 Å². The molecular formula is C38H66N2O6Ti+4. The van der Waals surface area contributed by atoms with Crippen LogP contribution in [0.4, 0.5) is 11.4 Å². The predicted octanol–water partition coefficient (Wildman–Crippen LogP) is 7.12. The fourth-order valence-corrected chi connectivity index (χ4v) is 2.64. The van der Waals surface area contributed by atoms with Gasteiger partial charge in [-0.3, -0.25) is 0 Å². The molecule has 0 fully saturated rings. The van der Waals surface area contributed by atoms with E-state index in [1.165, 1.54) is 12.8 Å². The molecule has 0 spiro atoms. The van der Waals surface area contributed by atoms with Crippen molar-refractivity contribution in [2.45, 2.75) is 83.1 Å². The van der Waals surface area contributed by atoms with Crippen LogP contribution in [0.25, 0.3) is 0 Å². The number of hydrogen-bond donors (Lipinski definition) is 0. The van der Waals surface area contributed by atoms with Gasteiger partial charge in [0.2, 0.25) is 0 Å². The number of ketones is 4. The Kier molecular flexibility index (Phi) is 20.7. The molecule has 0 heterocycles. The normalized spacial score (nSPS) is 10.9. The molecule has 47 heavy (non-hydrogen) atoms. The van der Waals surface area contributed by atoms with Crippen LogP contribution in [0.5, 0.6) is 11.5 Å². The minimum atomic E-state index is -0.306. The zero-order valence-corrected chi connectivity index (χ0v) is 33.5. The van der Waals surface area contributed by atoms with Gasteiger partial charge in [0.05, 0.1) is 0 Å². The van der Waals surface area contributed by atoms with Crippen molar-refractivity contribution in [3.8, 4) is 11.5 Å². The van der Waals surface area contributed by atoms with Crippen LogP contribution >= 0.6 is 0 Å². The largest absolute Gasteiger partial charge is 0.593 e. The smallest absolute Gasteiger partial charge is 0.253 e. The Morgan fingerprint density at radius 1 is 0.447 bits per heavy atom. The third-order valence-corrected chi connectivity index (χ3v) is 6.39. The summed E-state index contributed by atoms with van der Waals surface area (Å²) < 4.78 is 0. The van der Waals surface area contributed by atoms with Crippen LogP contribution in [0.3, 0.4) is 0 Å². The second-order valence-corrected chi connectivity index (χ2v) is 15.7. The minimum absolute atomic E-state index is 0. The summed E-state index contributed by atoms with van der Waals surface area (Å²) in [6, 6.07) is 14.9. The van der Waals surface area contributed by atoms with Gasteiger partial charge < -0.3 is 39.2 Å². The molecule has 2 rings (SSSR count). The van der Waals surface area contributed by atoms with Crippen LogP contribution in [-0.4, -0.2) is 80.7 Å². The molecule has 0 unspecified atom stereocenters. The van der Waals surface area contributed by atoms with E-state index in [1.807, 2.05) is 145 Å². The van der Waals surface area contributed by atoms with Gasteiger partial charge in [0, 0.05) is 107 Å². The topological polar surface area (TPSA) is 138 Å². The summed E-state index contributed by atoms with van der Waals surface area (Å²) in [6.45, 7) is 22.8. The third kappa shape index (κ3) is 22.1. The molecule has 0 bridgehead atoms. The van der Waals surface area contributed by atoms with E-state index in [0.29, 0.717) is 11.5 Å². The summed E-state index contributed by atoms with van der Waals surface area (Å²) >= 11 is 0. The molecule has 0 saturated carbocycles. The van der Waals surface area contributed by atoms with Crippen LogP contribution in [0.2, 0.25) is 0 Å².